The molecule has 2 aliphatic heterocycles. The lowest BCUT2D eigenvalue weighted by Crippen LogP contribution is -2.52. The largest absolute Gasteiger partial charge is 0.353 e. The second-order valence-corrected chi connectivity index (χ2v) is 11.2. The van der Waals surface area contributed by atoms with Crippen LogP contribution in [0.5, 0.6) is 0 Å². The molecule has 2 amide bonds. The molecule has 10 nitrogen and oxygen atoms in total. The first-order chi connectivity index (χ1) is 19.0. The Hall–Kier alpha value is -4.21. The Bertz CT molecular complexity index is 1540. The normalized spacial score (nSPS) is 18.3. The first kappa shape index (κ1) is 23.9. The molecule has 1 saturated carbocycles. The minimum absolute atomic E-state index is 0.213. The summed E-state index contributed by atoms with van der Waals surface area (Å²) in [7, 11) is 1.92. The highest BCUT2D eigenvalue weighted by Crippen LogP contribution is 2.52. The lowest BCUT2D eigenvalue weighted by atomic mass is 10.0. The van der Waals surface area contributed by atoms with Gasteiger partial charge in [0.1, 0.15) is 5.82 Å². The molecule has 10 heteroatoms. The fraction of sp³-hybridized carbons (Fsp3) is 0.414. The number of hydrogen-bond acceptors (Lipinski definition) is 6. The van der Waals surface area contributed by atoms with Crippen molar-refractivity contribution in [2.75, 3.05) is 44.2 Å². The number of piperazine rings is 1. The van der Waals surface area contributed by atoms with Crippen molar-refractivity contribution in [1.29, 1.82) is 0 Å². The lowest BCUT2D eigenvalue weighted by molar-refractivity contribution is 0.157. The van der Waals surface area contributed by atoms with Gasteiger partial charge in [0.2, 0.25) is 0 Å². The van der Waals surface area contributed by atoms with E-state index in [0.29, 0.717) is 12.0 Å². The molecule has 39 heavy (non-hydrogen) atoms. The number of rotatable bonds is 5. The molecular weight excluding hydrogens is 490 g/mol. The molecule has 0 atom stereocenters. The van der Waals surface area contributed by atoms with Crippen molar-refractivity contribution in [3.63, 3.8) is 0 Å². The zero-order valence-corrected chi connectivity index (χ0v) is 22.3. The average molecular weight is 524 g/mol. The topological polar surface area (TPSA) is 87.2 Å². The van der Waals surface area contributed by atoms with Gasteiger partial charge < -0.3 is 14.7 Å². The summed E-state index contributed by atoms with van der Waals surface area (Å²) < 4.78 is 3.71. The molecule has 7 rings (SSSR count). The first-order valence-corrected chi connectivity index (χ1v) is 13.7. The second kappa shape index (κ2) is 9.21. The Balaban J connectivity index is 1.11. The maximum absolute atomic E-state index is 13.0. The predicted molar refractivity (Wildman–Crippen MR) is 151 cm³/mol. The molecule has 6 heterocycles. The minimum atomic E-state index is 0.213. The highest BCUT2D eigenvalue weighted by Gasteiger charge is 2.49. The van der Waals surface area contributed by atoms with Crippen molar-refractivity contribution in [3.05, 3.63) is 54.7 Å². The number of hydrogen-bond donors (Lipinski definition) is 0. The third-order valence-electron chi connectivity index (χ3n) is 8.61. The summed E-state index contributed by atoms with van der Waals surface area (Å²) in [4.78, 5) is 28.4. The third-order valence-corrected chi connectivity index (χ3v) is 8.61. The molecule has 0 aromatic carbocycles. The van der Waals surface area contributed by atoms with E-state index in [-0.39, 0.29) is 6.03 Å². The summed E-state index contributed by atoms with van der Waals surface area (Å²) in [6, 6.07) is 6.59. The average Bonchev–Trinajstić information content (AvgIpc) is 3.25. The molecule has 1 aliphatic carbocycles. The zero-order valence-electron chi connectivity index (χ0n) is 22.3. The van der Waals surface area contributed by atoms with Crippen LogP contribution >= 0.6 is 0 Å². The van der Waals surface area contributed by atoms with E-state index in [0.717, 1.165) is 78.4 Å². The molecular formula is C29H33N9O. The van der Waals surface area contributed by atoms with E-state index < -0.39 is 0 Å². The molecule has 2 saturated heterocycles. The smallest absolute Gasteiger partial charge is 0.320 e. The molecule has 200 valence electrons. The van der Waals surface area contributed by atoms with Gasteiger partial charge in [-0.1, -0.05) is 0 Å². The molecule has 4 aromatic heterocycles. The fourth-order valence-corrected chi connectivity index (χ4v) is 6.11. The van der Waals surface area contributed by atoms with Crippen LogP contribution in [0.4, 0.5) is 10.6 Å². The number of urea groups is 1. The van der Waals surface area contributed by atoms with Gasteiger partial charge in [-0.3, -0.25) is 9.67 Å². The minimum Gasteiger partial charge on any atom is -0.353 e. The summed E-state index contributed by atoms with van der Waals surface area (Å²) in [5.74, 6) is 0.935. The quantitative estimate of drug-likeness (QED) is 0.372. The summed E-state index contributed by atoms with van der Waals surface area (Å²) in [5.41, 5.74) is 6.60. The van der Waals surface area contributed by atoms with Gasteiger partial charge in [-0.05, 0) is 49.6 Å². The van der Waals surface area contributed by atoms with Crippen LogP contribution in [-0.4, -0.2) is 86.2 Å². The third kappa shape index (κ3) is 4.33. The molecule has 0 bridgehead atoms. The van der Waals surface area contributed by atoms with E-state index in [2.05, 4.69) is 49.9 Å². The molecule has 1 spiro atoms. The van der Waals surface area contributed by atoms with E-state index in [1.165, 1.54) is 19.3 Å². The number of carbonyl (C=O) groups excluding carboxylic acids is 1. The van der Waals surface area contributed by atoms with Crippen LogP contribution in [0.2, 0.25) is 0 Å². The monoisotopic (exact) mass is 523 g/mol. The Morgan fingerprint density at radius 2 is 1.79 bits per heavy atom. The summed E-state index contributed by atoms with van der Waals surface area (Å²) in [6.07, 6.45) is 13.4. The summed E-state index contributed by atoms with van der Waals surface area (Å²) >= 11 is 0. The SMILES string of the molecule is C=NCc1cnn2cc(-c3cnn(C)c3)cc(-c3ccc(N4CCN(C(=O)N5CCC6(CC6)C5)CC4)nc3)c12. The number of amides is 2. The Kier molecular flexibility index (Phi) is 5.64. The first-order valence-electron chi connectivity index (χ1n) is 13.7. The van der Waals surface area contributed by atoms with Gasteiger partial charge in [-0.2, -0.15) is 10.2 Å². The number of aromatic nitrogens is 5. The van der Waals surface area contributed by atoms with Crippen LogP contribution in [0.3, 0.4) is 0 Å². The van der Waals surface area contributed by atoms with Crippen LogP contribution < -0.4 is 4.90 Å². The highest BCUT2D eigenvalue weighted by molar-refractivity contribution is 5.86. The van der Waals surface area contributed by atoms with E-state index in [1.54, 1.807) is 4.68 Å². The van der Waals surface area contributed by atoms with Crippen molar-refractivity contribution in [1.82, 2.24) is 34.2 Å². The van der Waals surface area contributed by atoms with Crippen LogP contribution in [-0.2, 0) is 13.6 Å². The molecule has 0 unspecified atom stereocenters. The van der Waals surface area contributed by atoms with Gasteiger partial charge in [0.15, 0.2) is 0 Å². The number of fused-ring (bicyclic) bond motifs is 1. The lowest BCUT2D eigenvalue weighted by Gasteiger charge is -2.37. The fourth-order valence-electron chi connectivity index (χ4n) is 6.11. The van der Waals surface area contributed by atoms with Crippen molar-refractivity contribution in [2.45, 2.75) is 25.8 Å². The molecule has 4 aromatic rings. The van der Waals surface area contributed by atoms with E-state index in [4.69, 9.17) is 4.98 Å². The van der Waals surface area contributed by atoms with E-state index in [1.807, 2.05) is 47.4 Å². The maximum atomic E-state index is 13.0. The molecule has 0 radical (unpaired) electrons. The Labute approximate surface area is 227 Å². The number of nitrogens with zero attached hydrogens (tertiary/aromatic N) is 9. The highest BCUT2D eigenvalue weighted by atomic mass is 16.2. The van der Waals surface area contributed by atoms with Crippen molar-refractivity contribution < 1.29 is 4.79 Å². The van der Waals surface area contributed by atoms with E-state index >= 15 is 0 Å². The van der Waals surface area contributed by atoms with Crippen LogP contribution in [0.1, 0.15) is 24.8 Å². The van der Waals surface area contributed by atoms with Crippen LogP contribution in [0, 0.1) is 5.41 Å². The number of anilines is 1. The molecule has 3 aliphatic rings. The van der Waals surface area contributed by atoms with Crippen molar-refractivity contribution in [3.8, 4) is 22.3 Å². The number of likely N-dealkylation sites (tertiary alicyclic amines) is 1. The van der Waals surface area contributed by atoms with Gasteiger partial charge in [0.05, 0.1) is 24.5 Å². The predicted octanol–water partition coefficient (Wildman–Crippen LogP) is 3.73. The van der Waals surface area contributed by atoms with Crippen LogP contribution in [0.15, 0.2) is 54.2 Å². The Morgan fingerprint density at radius 1 is 0.949 bits per heavy atom. The summed E-state index contributed by atoms with van der Waals surface area (Å²) in [5, 5.41) is 8.95. The van der Waals surface area contributed by atoms with Gasteiger partial charge in [-0.15, -0.1) is 0 Å². The summed E-state index contributed by atoms with van der Waals surface area (Å²) in [6.45, 7) is 9.08. The van der Waals surface area contributed by atoms with Gasteiger partial charge in [-0.25, -0.2) is 14.3 Å². The molecule has 0 N–H and O–H groups in total. The zero-order chi connectivity index (χ0) is 26.6. The van der Waals surface area contributed by atoms with Crippen molar-refractivity contribution >= 4 is 24.1 Å². The Morgan fingerprint density at radius 3 is 2.46 bits per heavy atom. The van der Waals surface area contributed by atoms with Gasteiger partial charge in [0, 0.05) is 92.7 Å². The van der Waals surface area contributed by atoms with E-state index in [9.17, 15) is 4.79 Å². The number of aliphatic imine (C=N–C) groups is 1. The molecule has 3 fully saturated rings. The van der Waals surface area contributed by atoms with Crippen molar-refractivity contribution in [2.24, 2.45) is 17.5 Å². The van der Waals surface area contributed by atoms with Crippen LogP contribution in [0.25, 0.3) is 27.8 Å². The van der Waals surface area contributed by atoms with Gasteiger partial charge >= 0.3 is 6.03 Å². The maximum Gasteiger partial charge on any atom is 0.320 e. The van der Waals surface area contributed by atoms with Gasteiger partial charge in [0.25, 0.3) is 0 Å². The number of carbonyl (C=O) groups is 1. The number of aryl methyl sites for hydroxylation is 1. The number of pyridine rings is 2. The second-order valence-electron chi connectivity index (χ2n) is 11.2. The standard InChI is InChI=1S/C29H33N9O/c1-30-14-23-16-33-38-19-22(24-17-32-34(2)18-24)13-25(27(23)38)21-3-4-26(31-15-21)35-9-11-36(12-10-35)28(39)37-8-7-29(20-37)5-6-29/h3-4,13,15-19H,1,5-12,14,20H2,2H3.